The second-order valence-corrected chi connectivity index (χ2v) is 3.83. The molecule has 0 spiro atoms. The third kappa shape index (κ3) is 1.96. The van der Waals surface area contributed by atoms with Crippen LogP contribution < -0.4 is 9.26 Å². The third-order valence-electron chi connectivity index (χ3n) is 2.02. The lowest BCUT2D eigenvalue weighted by molar-refractivity contribution is 0.962. The highest BCUT2D eigenvalue weighted by atomic mass is 127. The van der Waals surface area contributed by atoms with E-state index in [0.717, 1.165) is 28.8 Å². The quantitative estimate of drug-likeness (QED) is 0.508. The minimum absolute atomic E-state index is 0.777. The van der Waals surface area contributed by atoms with Crippen LogP contribution in [0.2, 0.25) is 0 Å². The van der Waals surface area contributed by atoms with Gasteiger partial charge in [0.05, 0.1) is 11.2 Å². The zero-order valence-corrected chi connectivity index (χ0v) is 9.65. The zero-order chi connectivity index (χ0) is 9.97. The standard InChI is InChI=1S/C10H10IN3/c11-13-6-9-3-1-7-5-8(12)2-4-10(7)14-9/h1-5,13H,6,12H2. The topological polar surface area (TPSA) is 50.9 Å². The summed E-state index contributed by atoms with van der Waals surface area (Å²) in [5.41, 5.74) is 8.48. The Balaban J connectivity index is 2.50. The molecule has 14 heavy (non-hydrogen) atoms. The molecule has 2 rings (SSSR count). The molecule has 0 aliphatic heterocycles. The number of fused-ring (bicyclic) bond motifs is 1. The predicted octanol–water partition coefficient (Wildman–Crippen LogP) is 2.26. The molecule has 3 nitrogen and oxygen atoms in total. The van der Waals surface area contributed by atoms with Crippen molar-refractivity contribution in [1.29, 1.82) is 0 Å². The van der Waals surface area contributed by atoms with Gasteiger partial charge in [-0.05, 0) is 24.3 Å². The Morgan fingerprint density at radius 1 is 1.29 bits per heavy atom. The van der Waals surface area contributed by atoms with Crippen molar-refractivity contribution in [2.24, 2.45) is 0 Å². The molecule has 0 atom stereocenters. The minimum Gasteiger partial charge on any atom is -0.399 e. The molecule has 0 saturated carbocycles. The summed E-state index contributed by atoms with van der Waals surface area (Å²) in [5.74, 6) is 0. The van der Waals surface area contributed by atoms with Crippen molar-refractivity contribution in [1.82, 2.24) is 8.51 Å². The van der Waals surface area contributed by atoms with Gasteiger partial charge < -0.3 is 5.73 Å². The summed E-state index contributed by atoms with van der Waals surface area (Å²) in [5, 5.41) is 1.09. The molecule has 3 N–H and O–H groups in total. The van der Waals surface area contributed by atoms with Gasteiger partial charge >= 0.3 is 0 Å². The molecule has 1 heterocycles. The number of nitrogens with zero attached hydrogens (tertiary/aromatic N) is 1. The Morgan fingerprint density at radius 2 is 2.14 bits per heavy atom. The van der Waals surface area contributed by atoms with Crippen LogP contribution in [0.3, 0.4) is 0 Å². The minimum atomic E-state index is 0.777. The van der Waals surface area contributed by atoms with E-state index in [1.54, 1.807) is 0 Å². The smallest absolute Gasteiger partial charge is 0.0707 e. The number of anilines is 1. The molecule has 0 amide bonds. The van der Waals surface area contributed by atoms with Gasteiger partial charge in [-0.1, -0.05) is 6.07 Å². The van der Waals surface area contributed by atoms with Crippen molar-refractivity contribution in [2.45, 2.75) is 6.54 Å². The van der Waals surface area contributed by atoms with Gasteiger partial charge in [-0.25, -0.2) is 0 Å². The summed E-state index contributed by atoms with van der Waals surface area (Å²) in [7, 11) is 0. The van der Waals surface area contributed by atoms with E-state index in [-0.39, 0.29) is 0 Å². The number of nitrogens with two attached hydrogens (primary N) is 1. The van der Waals surface area contributed by atoms with Crippen molar-refractivity contribution in [3.05, 3.63) is 36.0 Å². The van der Waals surface area contributed by atoms with Gasteiger partial charge in [0, 0.05) is 40.5 Å². The largest absolute Gasteiger partial charge is 0.399 e. The Kier molecular flexibility index (Phi) is 2.83. The van der Waals surface area contributed by atoms with Crippen molar-refractivity contribution in [3.8, 4) is 0 Å². The van der Waals surface area contributed by atoms with E-state index in [4.69, 9.17) is 5.73 Å². The molecule has 0 radical (unpaired) electrons. The van der Waals surface area contributed by atoms with E-state index in [0.29, 0.717) is 0 Å². The van der Waals surface area contributed by atoms with Crippen LogP contribution >= 0.6 is 22.9 Å². The molecular formula is C10H10IN3. The summed E-state index contributed by atoms with van der Waals surface area (Å²) in [6.45, 7) is 0.779. The number of nitrogen functional groups attached to an aromatic ring is 1. The monoisotopic (exact) mass is 299 g/mol. The molecule has 1 aromatic carbocycles. The maximum atomic E-state index is 5.68. The van der Waals surface area contributed by atoms with Gasteiger partial charge in [-0.15, -0.1) is 0 Å². The molecule has 0 aliphatic carbocycles. The van der Waals surface area contributed by atoms with E-state index in [1.165, 1.54) is 0 Å². The first kappa shape index (κ1) is 9.67. The van der Waals surface area contributed by atoms with E-state index in [1.807, 2.05) is 30.3 Å². The molecule has 72 valence electrons. The Bertz CT molecular complexity index is 456. The summed E-state index contributed by atoms with van der Waals surface area (Å²) < 4.78 is 3.04. The first-order valence-corrected chi connectivity index (χ1v) is 5.36. The second kappa shape index (κ2) is 4.10. The number of pyridine rings is 1. The Hall–Kier alpha value is -0.880. The molecule has 2 aromatic rings. The normalized spacial score (nSPS) is 10.6. The number of hydrogen-bond donors (Lipinski definition) is 2. The van der Waals surface area contributed by atoms with Gasteiger partial charge in [0.25, 0.3) is 0 Å². The maximum Gasteiger partial charge on any atom is 0.0707 e. The van der Waals surface area contributed by atoms with Crippen LogP contribution in [-0.2, 0) is 6.54 Å². The van der Waals surface area contributed by atoms with Crippen LogP contribution in [0.25, 0.3) is 10.9 Å². The van der Waals surface area contributed by atoms with E-state index >= 15 is 0 Å². The summed E-state index contributed by atoms with van der Waals surface area (Å²) in [6.07, 6.45) is 0. The average Bonchev–Trinajstić information content (AvgIpc) is 2.19. The average molecular weight is 299 g/mol. The maximum absolute atomic E-state index is 5.68. The lowest BCUT2D eigenvalue weighted by Crippen LogP contribution is -2.00. The lowest BCUT2D eigenvalue weighted by Gasteiger charge is -2.02. The van der Waals surface area contributed by atoms with E-state index in [2.05, 4.69) is 31.4 Å². The van der Waals surface area contributed by atoms with Crippen molar-refractivity contribution >= 4 is 39.5 Å². The van der Waals surface area contributed by atoms with Gasteiger partial charge in [-0.3, -0.25) is 8.51 Å². The number of benzene rings is 1. The molecule has 0 unspecified atom stereocenters. The third-order valence-corrected chi connectivity index (χ3v) is 2.40. The van der Waals surface area contributed by atoms with Gasteiger partial charge in [0.2, 0.25) is 0 Å². The second-order valence-electron chi connectivity index (χ2n) is 3.07. The fourth-order valence-corrected chi connectivity index (χ4v) is 1.74. The van der Waals surface area contributed by atoms with Gasteiger partial charge in [0.15, 0.2) is 0 Å². The lowest BCUT2D eigenvalue weighted by atomic mass is 10.2. The Labute approximate surface area is 96.2 Å². The fraction of sp³-hybridized carbons (Fsp3) is 0.100. The zero-order valence-electron chi connectivity index (χ0n) is 7.50. The van der Waals surface area contributed by atoms with Crippen molar-refractivity contribution in [3.63, 3.8) is 0 Å². The van der Waals surface area contributed by atoms with E-state index in [9.17, 15) is 0 Å². The molecule has 0 fully saturated rings. The van der Waals surface area contributed by atoms with Crippen LogP contribution in [0, 0.1) is 0 Å². The SMILES string of the molecule is Nc1ccc2nc(CNI)ccc2c1. The summed E-state index contributed by atoms with van der Waals surface area (Å²) >= 11 is 2.11. The van der Waals surface area contributed by atoms with Crippen molar-refractivity contribution < 1.29 is 0 Å². The number of nitrogens with one attached hydrogen (secondary N) is 1. The molecule has 1 aromatic heterocycles. The summed E-state index contributed by atoms with van der Waals surface area (Å²) in [4.78, 5) is 4.48. The van der Waals surface area contributed by atoms with Crippen molar-refractivity contribution in [2.75, 3.05) is 5.73 Å². The number of aromatic nitrogens is 1. The molecule has 0 aliphatic rings. The Morgan fingerprint density at radius 3 is 2.93 bits per heavy atom. The van der Waals surface area contributed by atoms with Gasteiger partial charge in [0.1, 0.15) is 0 Å². The highest BCUT2D eigenvalue weighted by Crippen LogP contribution is 2.15. The highest BCUT2D eigenvalue weighted by Gasteiger charge is 1.97. The number of rotatable bonds is 2. The molecule has 0 saturated heterocycles. The highest BCUT2D eigenvalue weighted by molar-refractivity contribution is 14.1. The first-order valence-electron chi connectivity index (χ1n) is 4.28. The van der Waals surface area contributed by atoms with Crippen LogP contribution in [0.5, 0.6) is 0 Å². The van der Waals surface area contributed by atoms with Crippen LogP contribution in [-0.4, -0.2) is 4.98 Å². The van der Waals surface area contributed by atoms with Gasteiger partial charge in [-0.2, -0.15) is 0 Å². The van der Waals surface area contributed by atoms with Crippen LogP contribution in [0.15, 0.2) is 30.3 Å². The number of halogens is 1. The molecule has 4 heteroatoms. The fourth-order valence-electron chi connectivity index (χ4n) is 1.35. The van der Waals surface area contributed by atoms with Crippen LogP contribution in [0.1, 0.15) is 5.69 Å². The number of hydrogen-bond acceptors (Lipinski definition) is 3. The predicted molar refractivity (Wildman–Crippen MR) is 67.0 cm³/mol. The van der Waals surface area contributed by atoms with Crippen LogP contribution in [0.4, 0.5) is 5.69 Å². The summed E-state index contributed by atoms with van der Waals surface area (Å²) in [6, 6.07) is 9.80. The first-order chi connectivity index (χ1) is 6.79. The van der Waals surface area contributed by atoms with E-state index < -0.39 is 0 Å². The molecule has 0 bridgehead atoms. The molecular weight excluding hydrogens is 289 g/mol.